The van der Waals surface area contributed by atoms with Gasteiger partial charge < -0.3 is 46.6 Å². The first kappa shape index (κ1) is 65.7. The minimum absolute atomic E-state index is 0.0415. The summed E-state index contributed by atoms with van der Waals surface area (Å²) in [5, 5.41) is 24.0. The number of halogens is 4. The summed E-state index contributed by atoms with van der Waals surface area (Å²) in [5.74, 6) is 1.64. The van der Waals surface area contributed by atoms with Crippen molar-refractivity contribution in [3.05, 3.63) is 83.6 Å². The number of fused-ring (bicyclic) bond motifs is 2. The van der Waals surface area contributed by atoms with Crippen molar-refractivity contribution in [2.75, 3.05) is 66.5 Å². The predicted molar refractivity (Wildman–Crippen MR) is 327 cm³/mol. The summed E-state index contributed by atoms with van der Waals surface area (Å²) in [6, 6.07) is 5.82. The van der Waals surface area contributed by atoms with Gasteiger partial charge in [-0.25, -0.2) is 4.39 Å². The first-order chi connectivity index (χ1) is 38.1. The number of benzene rings is 1. The van der Waals surface area contributed by atoms with Crippen molar-refractivity contribution in [3.8, 4) is 0 Å². The average molecular weight is 1120 g/mol. The highest BCUT2D eigenvalue weighted by Gasteiger charge is 2.45. The van der Waals surface area contributed by atoms with E-state index in [1.165, 1.54) is 62.4 Å². The van der Waals surface area contributed by atoms with Crippen LogP contribution in [-0.4, -0.2) is 140 Å². The largest absolute Gasteiger partial charge is 0.419 e. The summed E-state index contributed by atoms with van der Waals surface area (Å²) in [6.45, 7) is 31.4. The Bertz CT molecular complexity index is 2140. The fourth-order valence-corrected chi connectivity index (χ4v) is 13.9. The van der Waals surface area contributed by atoms with E-state index >= 15 is 0 Å². The number of nitrogens with zero attached hydrogens (tertiary/aromatic N) is 5. The summed E-state index contributed by atoms with van der Waals surface area (Å²) in [5.41, 5.74) is 2.68. The molecule has 4 unspecified atom stereocenters. The van der Waals surface area contributed by atoms with Crippen molar-refractivity contribution >= 4 is 5.71 Å². The van der Waals surface area contributed by atoms with E-state index in [2.05, 4.69) is 147 Å². The van der Waals surface area contributed by atoms with Crippen LogP contribution in [0, 0.1) is 35.4 Å². The van der Waals surface area contributed by atoms with Gasteiger partial charge >= 0.3 is 6.18 Å². The van der Waals surface area contributed by atoms with E-state index < -0.39 is 17.6 Å². The third kappa shape index (κ3) is 20.1. The van der Waals surface area contributed by atoms with Gasteiger partial charge in [-0.2, -0.15) is 13.2 Å². The molecule has 0 amide bonds. The van der Waals surface area contributed by atoms with E-state index in [9.17, 15) is 17.6 Å². The van der Waals surface area contributed by atoms with Crippen molar-refractivity contribution in [2.45, 2.75) is 226 Å². The molecule has 1 aromatic carbocycles. The lowest BCUT2D eigenvalue weighted by Crippen LogP contribution is -2.69. The number of hydrogen-bond acceptors (Lipinski definition) is 11. The van der Waals surface area contributed by atoms with Crippen LogP contribution in [0.5, 0.6) is 0 Å². The summed E-state index contributed by atoms with van der Waals surface area (Å²) in [4.78, 5) is 14.8. The van der Waals surface area contributed by atoms with Gasteiger partial charge in [-0.15, -0.1) is 0 Å². The van der Waals surface area contributed by atoms with Crippen LogP contribution in [0.3, 0.4) is 0 Å². The number of nitrogens with one attached hydrogen (secondary N) is 6. The molecular formula is C65H111F4N11. The summed E-state index contributed by atoms with van der Waals surface area (Å²) in [7, 11) is 4.26. The molecule has 0 radical (unpaired) electrons. The zero-order valence-electron chi connectivity index (χ0n) is 51.8. The lowest BCUT2D eigenvalue weighted by molar-refractivity contribution is -0.140. The van der Waals surface area contributed by atoms with Gasteiger partial charge in [0.15, 0.2) is 0 Å². The lowest BCUT2D eigenvalue weighted by Gasteiger charge is -2.55. The van der Waals surface area contributed by atoms with Crippen molar-refractivity contribution < 1.29 is 17.6 Å². The van der Waals surface area contributed by atoms with Crippen LogP contribution >= 0.6 is 0 Å². The minimum atomic E-state index is -4.74. The number of allylic oxidation sites excluding steroid dienone is 3. The second-order valence-corrected chi connectivity index (χ2v) is 26.3. The molecule has 2 saturated heterocycles. The Balaban J connectivity index is 1.27. The van der Waals surface area contributed by atoms with E-state index in [1.807, 2.05) is 18.5 Å². The maximum absolute atomic E-state index is 14.7. The van der Waals surface area contributed by atoms with Gasteiger partial charge in [0.05, 0.1) is 5.56 Å². The normalized spacial score (nSPS) is 29.1. The van der Waals surface area contributed by atoms with E-state index in [4.69, 9.17) is 4.99 Å². The number of rotatable bonds is 10. The maximum atomic E-state index is 14.7. The first-order valence-electron chi connectivity index (χ1n) is 31.7. The average Bonchev–Trinajstić information content (AvgIpc) is 4.13. The highest BCUT2D eigenvalue weighted by molar-refractivity contribution is 5.95. The second kappa shape index (κ2) is 32.0. The van der Waals surface area contributed by atoms with Crippen LogP contribution in [0.15, 0.2) is 71.7 Å². The number of aryl methyl sites for hydroxylation is 1. The molecule has 9 atom stereocenters. The zero-order chi connectivity index (χ0) is 58.0. The minimum Gasteiger partial charge on any atom is -0.390 e. The van der Waals surface area contributed by atoms with Crippen LogP contribution in [0.1, 0.15) is 177 Å². The van der Waals surface area contributed by atoms with E-state index in [-0.39, 0.29) is 5.54 Å². The Morgan fingerprint density at radius 3 is 2.27 bits per heavy atom. The zero-order valence-corrected chi connectivity index (χ0v) is 51.8. The van der Waals surface area contributed by atoms with Gasteiger partial charge in [0, 0.05) is 156 Å². The van der Waals surface area contributed by atoms with E-state index in [1.54, 1.807) is 6.20 Å². The summed E-state index contributed by atoms with van der Waals surface area (Å²) < 4.78 is 55.0. The summed E-state index contributed by atoms with van der Waals surface area (Å²) in [6.07, 6.45) is 24.9. The highest BCUT2D eigenvalue weighted by atomic mass is 19.4. The van der Waals surface area contributed by atoms with Crippen LogP contribution in [0.4, 0.5) is 17.6 Å². The molecule has 5 aliphatic rings. The fraction of sp³-hybridized carbons (Fsp3) is 0.769. The Kier molecular flexibility index (Phi) is 26.3. The Morgan fingerprint density at radius 2 is 1.60 bits per heavy atom. The van der Waals surface area contributed by atoms with Gasteiger partial charge in [-0.1, -0.05) is 106 Å². The van der Waals surface area contributed by atoms with Crippen molar-refractivity contribution in [1.29, 1.82) is 0 Å². The SMILES string of the molecule is CC[C@H](C)[C@H]1CN[C@@H](CC(C)C)C(C)NCC2[C@H](C)CN2[C@@H](C(C)C)C(C)NC2(CCCC2)CNCCNC=CC(CCc2ccc(C(F)(F)F)c(F)c2)=NC=CN(C)C=C(CC2CCCCC2)N(C)C=C2CCCN2CC(C)N1. The molecular weight excluding hydrogens is 1010 g/mol. The van der Waals surface area contributed by atoms with E-state index in [0.29, 0.717) is 96.8 Å². The van der Waals surface area contributed by atoms with Crippen molar-refractivity contribution in [3.63, 3.8) is 0 Å². The molecule has 2 aliphatic carbocycles. The third-order valence-electron chi connectivity index (χ3n) is 18.6. The number of alkyl halides is 3. The van der Waals surface area contributed by atoms with Crippen LogP contribution < -0.4 is 31.9 Å². The second-order valence-electron chi connectivity index (χ2n) is 26.3. The Hall–Kier alpha value is -3.47. The Labute approximate surface area is 483 Å². The Morgan fingerprint density at radius 1 is 0.850 bits per heavy atom. The standard InChI is InChI=1S/C65H111F4N11/c1-13-48(6)61-39-74-60(36-46(2)3)51(9)73-40-62-49(7)41-80(62)63(47(4)5)52(10)76-64(28-17-18-29-64)45-71-32-31-70-30-27-55(25-23-54-24-26-58(59(66)38-54)65(67,68)69)72-33-35-77(11)43-57(37-53-20-15-14-16-21-53)78(12)44-56-22-19-34-79(56)42-50(8)75-61/h24,26-27,30,33,35,38,43-44,46-53,60-63,70-71,73-76H,13-23,25,28-29,31-32,34,36-37,39-42,45H2,1-12H3/t48-,49+,50?,51?,52?,60-,61+,62?,63-/m0/s1. The molecule has 3 heterocycles. The number of aliphatic imine (C=N–C) groups is 1. The van der Waals surface area contributed by atoms with Gasteiger partial charge in [-0.05, 0) is 132 Å². The molecule has 6 N–H and O–H groups in total. The molecule has 80 heavy (non-hydrogen) atoms. The molecule has 4 fully saturated rings. The van der Waals surface area contributed by atoms with Gasteiger partial charge in [0.2, 0.25) is 0 Å². The molecule has 0 aromatic heterocycles. The van der Waals surface area contributed by atoms with Crippen molar-refractivity contribution in [2.24, 2.45) is 34.6 Å². The molecule has 1 aromatic rings. The highest BCUT2D eigenvalue weighted by Crippen LogP contribution is 2.36. The fourth-order valence-electron chi connectivity index (χ4n) is 13.9. The number of hydrogen-bond donors (Lipinski definition) is 6. The van der Waals surface area contributed by atoms with Gasteiger partial charge in [0.1, 0.15) is 5.82 Å². The molecule has 454 valence electrons. The van der Waals surface area contributed by atoms with Crippen LogP contribution in [-0.2, 0) is 12.6 Å². The van der Waals surface area contributed by atoms with E-state index in [0.717, 1.165) is 109 Å². The summed E-state index contributed by atoms with van der Waals surface area (Å²) >= 11 is 0. The van der Waals surface area contributed by atoms with Crippen LogP contribution in [0.25, 0.3) is 0 Å². The lowest BCUT2D eigenvalue weighted by atomic mass is 9.82. The van der Waals surface area contributed by atoms with Gasteiger partial charge in [-0.3, -0.25) is 9.89 Å². The molecule has 11 nitrogen and oxygen atoms in total. The molecule has 15 heteroatoms. The quantitative estimate of drug-likeness (QED) is 0.127. The molecule has 2 saturated carbocycles. The van der Waals surface area contributed by atoms with Crippen LogP contribution in [0.2, 0.25) is 0 Å². The van der Waals surface area contributed by atoms with Gasteiger partial charge in [0.25, 0.3) is 0 Å². The third-order valence-corrected chi connectivity index (χ3v) is 18.6. The first-order valence-corrected chi connectivity index (χ1v) is 31.7. The van der Waals surface area contributed by atoms with Crippen molar-refractivity contribution in [1.82, 2.24) is 51.5 Å². The molecule has 3 aliphatic heterocycles. The monoisotopic (exact) mass is 1120 g/mol. The predicted octanol–water partition coefficient (Wildman–Crippen LogP) is 12.0. The molecule has 6 rings (SSSR count). The molecule has 1 spiro atoms. The maximum Gasteiger partial charge on any atom is 0.419 e. The smallest absolute Gasteiger partial charge is 0.390 e. The molecule has 0 bridgehead atoms. The topological polar surface area (TPSA) is 97.5 Å².